The van der Waals surface area contributed by atoms with Crippen LogP contribution in [-0.2, 0) is 16.6 Å². The number of nitrogens with zero attached hydrogens (tertiary/aromatic N) is 1. The Bertz CT molecular complexity index is 710. The van der Waals surface area contributed by atoms with Crippen molar-refractivity contribution in [2.24, 2.45) is 0 Å². The van der Waals surface area contributed by atoms with E-state index in [4.69, 9.17) is 0 Å². The Hall–Kier alpha value is -1.44. The lowest BCUT2D eigenvalue weighted by Gasteiger charge is -2.13. The van der Waals surface area contributed by atoms with Crippen LogP contribution in [0.25, 0.3) is 0 Å². The van der Waals surface area contributed by atoms with Gasteiger partial charge in [-0.25, -0.2) is 13.4 Å². The molecule has 2 aromatic rings. The first-order valence-electron chi connectivity index (χ1n) is 6.67. The van der Waals surface area contributed by atoms with Crippen molar-refractivity contribution in [3.05, 3.63) is 40.4 Å². The lowest BCUT2D eigenvalue weighted by Crippen LogP contribution is -2.17. The van der Waals surface area contributed by atoms with Gasteiger partial charge < -0.3 is 5.32 Å². The largest absolute Gasteiger partial charge is 0.313 e. The molecule has 0 bridgehead atoms. The monoisotopic (exact) mass is 325 g/mol. The van der Waals surface area contributed by atoms with Crippen LogP contribution >= 0.6 is 11.3 Å². The van der Waals surface area contributed by atoms with E-state index in [0.717, 1.165) is 23.2 Å². The molecule has 1 heterocycles. The molecule has 2 rings (SSSR count). The van der Waals surface area contributed by atoms with Crippen LogP contribution in [0.3, 0.4) is 0 Å². The van der Waals surface area contributed by atoms with Gasteiger partial charge in [-0.3, -0.25) is 4.72 Å². The Morgan fingerprint density at radius 1 is 1.29 bits per heavy atom. The molecule has 0 aliphatic heterocycles. The molecule has 0 fully saturated rings. The lowest BCUT2D eigenvalue weighted by atomic mass is 10.1. The van der Waals surface area contributed by atoms with Crippen LogP contribution in [0, 0.1) is 13.8 Å². The van der Waals surface area contributed by atoms with E-state index in [9.17, 15) is 8.42 Å². The summed E-state index contributed by atoms with van der Waals surface area (Å²) in [5, 5.41) is 5.32. The summed E-state index contributed by atoms with van der Waals surface area (Å²) in [5.41, 5.74) is 2.68. The zero-order valence-electron chi connectivity index (χ0n) is 12.3. The second-order valence-corrected chi connectivity index (χ2v) is 7.30. The van der Waals surface area contributed by atoms with Crippen molar-refractivity contribution in [2.45, 2.75) is 32.2 Å². The summed E-state index contributed by atoms with van der Waals surface area (Å²) in [4.78, 5) is 4.28. The van der Waals surface area contributed by atoms with Crippen LogP contribution in [0.1, 0.15) is 23.6 Å². The van der Waals surface area contributed by atoms with Gasteiger partial charge in [-0.15, -0.1) is 11.3 Å². The number of aryl methyl sites for hydroxylation is 1. The Kier molecular flexibility index (Phi) is 4.97. The Morgan fingerprint density at radius 3 is 2.67 bits per heavy atom. The minimum absolute atomic E-state index is 0.311. The summed E-state index contributed by atoms with van der Waals surface area (Å²) < 4.78 is 27.6. The number of nitrogens with one attached hydrogen (secondary N) is 2. The number of aromatic nitrogens is 1. The standard InChI is InChI=1S/C14H19N3O2S2/c1-4-15-9-12-7-10(2)11(3)13(8-12)21(18,19)17-14-16-5-6-20-14/h5-8,15H,4,9H2,1-3H3,(H,16,17). The average molecular weight is 325 g/mol. The highest BCUT2D eigenvalue weighted by molar-refractivity contribution is 7.93. The fourth-order valence-electron chi connectivity index (χ4n) is 1.99. The first-order chi connectivity index (χ1) is 9.94. The van der Waals surface area contributed by atoms with E-state index in [1.165, 1.54) is 11.3 Å². The number of hydrogen-bond donors (Lipinski definition) is 2. The van der Waals surface area contributed by atoms with Crippen LogP contribution < -0.4 is 10.0 Å². The second kappa shape index (κ2) is 6.55. The highest BCUT2D eigenvalue weighted by Crippen LogP contribution is 2.24. The summed E-state index contributed by atoms with van der Waals surface area (Å²) in [6.45, 7) is 7.25. The molecule has 0 amide bonds. The zero-order chi connectivity index (χ0) is 15.5. The van der Waals surface area contributed by atoms with Gasteiger partial charge >= 0.3 is 0 Å². The molecule has 0 spiro atoms. The number of thiazole rings is 1. The van der Waals surface area contributed by atoms with Gasteiger partial charge in [0.2, 0.25) is 0 Å². The average Bonchev–Trinajstić information content (AvgIpc) is 2.91. The van der Waals surface area contributed by atoms with Gasteiger partial charge in [0.25, 0.3) is 10.0 Å². The van der Waals surface area contributed by atoms with Crippen molar-refractivity contribution in [1.82, 2.24) is 10.3 Å². The topological polar surface area (TPSA) is 71.1 Å². The van der Waals surface area contributed by atoms with Gasteiger partial charge in [0, 0.05) is 18.1 Å². The van der Waals surface area contributed by atoms with Crippen molar-refractivity contribution >= 4 is 26.5 Å². The van der Waals surface area contributed by atoms with Crippen molar-refractivity contribution < 1.29 is 8.42 Å². The highest BCUT2D eigenvalue weighted by Gasteiger charge is 2.20. The SMILES string of the molecule is CCNCc1cc(C)c(C)c(S(=O)(=O)Nc2nccs2)c1. The first-order valence-corrected chi connectivity index (χ1v) is 9.03. The summed E-state index contributed by atoms with van der Waals surface area (Å²) in [7, 11) is -3.61. The number of anilines is 1. The van der Waals surface area contributed by atoms with Crippen molar-refractivity contribution in [1.29, 1.82) is 0 Å². The van der Waals surface area contributed by atoms with E-state index in [-0.39, 0.29) is 0 Å². The maximum atomic E-state index is 12.5. The molecular weight excluding hydrogens is 306 g/mol. The fourth-order valence-corrected chi connectivity index (χ4v) is 4.15. The normalized spacial score (nSPS) is 11.6. The number of sulfonamides is 1. The molecule has 0 atom stereocenters. The molecule has 0 saturated heterocycles. The van der Waals surface area contributed by atoms with Crippen LogP contribution in [0.2, 0.25) is 0 Å². The third kappa shape index (κ3) is 3.81. The van der Waals surface area contributed by atoms with E-state index < -0.39 is 10.0 Å². The predicted octanol–water partition coefficient (Wildman–Crippen LogP) is 2.67. The molecule has 5 nitrogen and oxygen atoms in total. The minimum Gasteiger partial charge on any atom is -0.313 e. The molecule has 7 heteroatoms. The van der Waals surface area contributed by atoms with Crippen molar-refractivity contribution in [3.63, 3.8) is 0 Å². The first kappa shape index (κ1) is 15.9. The molecule has 0 radical (unpaired) electrons. The highest BCUT2D eigenvalue weighted by atomic mass is 32.2. The van der Waals surface area contributed by atoms with Gasteiger partial charge in [0.1, 0.15) is 0 Å². The molecule has 2 N–H and O–H groups in total. The summed E-state index contributed by atoms with van der Waals surface area (Å²) in [6.07, 6.45) is 1.57. The van der Waals surface area contributed by atoms with Gasteiger partial charge in [-0.1, -0.05) is 13.0 Å². The van der Waals surface area contributed by atoms with Gasteiger partial charge in [0.15, 0.2) is 5.13 Å². The Balaban J connectivity index is 2.39. The fraction of sp³-hybridized carbons (Fsp3) is 0.357. The Morgan fingerprint density at radius 2 is 2.05 bits per heavy atom. The minimum atomic E-state index is -3.61. The van der Waals surface area contributed by atoms with Crippen molar-refractivity contribution in [3.8, 4) is 0 Å². The van der Waals surface area contributed by atoms with Crippen LogP contribution in [0.5, 0.6) is 0 Å². The second-order valence-electron chi connectivity index (χ2n) is 4.76. The molecule has 0 saturated carbocycles. The molecule has 21 heavy (non-hydrogen) atoms. The van der Waals surface area contributed by atoms with E-state index in [1.807, 2.05) is 26.8 Å². The number of hydrogen-bond acceptors (Lipinski definition) is 5. The molecule has 114 valence electrons. The van der Waals surface area contributed by atoms with Crippen LogP contribution in [0.15, 0.2) is 28.6 Å². The molecule has 1 aromatic carbocycles. The summed E-state index contributed by atoms with van der Waals surface area (Å²) >= 11 is 1.26. The van der Waals surface area contributed by atoms with E-state index in [1.54, 1.807) is 17.6 Å². The quantitative estimate of drug-likeness (QED) is 0.856. The van der Waals surface area contributed by atoms with Crippen molar-refractivity contribution in [2.75, 3.05) is 11.3 Å². The van der Waals surface area contributed by atoms with Crippen LogP contribution in [0.4, 0.5) is 5.13 Å². The zero-order valence-corrected chi connectivity index (χ0v) is 13.9. The Labute approximate surface area is 129 Å². The van der Waals surface area contributed by atoms with E-state index in [2.05, 4.69) is 15.0 Å². The molecule has 0 aliphatic carbocycles. The van der Waals surface area contributed by atoms with E-state index >= 15 is 0 Å². The number of benzene rings is 1. The van der Waals surface area contributed by atoms with Gasteiger partial charge in [0.05, 0.1) is 4.90 Å². The smallest absolute Gasteiger partial charge is 0.263 e. The summed E-state index contributed by atoms with van der Waals surface area (Å²) in [6, 6.07) is 3.74. The third-order valence-corrected chi connectivity index (χ3v) is 5.49. The molecule has 0 aliphatic rings. The lowest BCUT2D eigenvalue weighted by molar-refractivity contribution is 0.600. The van der Waals surface area contributed by atoms with Gasteiger partial charge in [-0.05, 0) is 43.1 Å². The maximum absolute atomic E-state index is 12.5. The molecular formula is C14H19N3O2S2. The van der Waals surface area contributed by atoms with Crippen LogP contribution in [-0.4, -0.2) is 19.9 Å². The van der Waals surface area contributed by atoms with E-state index in [0.29, 0.717) is 16.6 Å². The van der Waals surface area contributed by atoms with Gasteiger partial charge in [-0.2, -0.15) is 0 Å². The predicted molar refractivity (Wildman–Crippen MR) is 86.2 cm³/mol. The summed E-state index contributed by atoms with van der Waals surface area (Å²) in [5.74, 6) is 0. The maximum Gasteiger partial charge on any atom is 0.263 e. The number of rotatable bonds is 6. The third-order valence-electron chi connectivity index (χ3n) is 3.20. The molecule has 0 unspecified atom stereocenters. The molecule has 1 aromatic heterocycles.